The van der Waals surface area contributed by atoms with E-state index in [0.717, 1.165) is 29.6 Å². The summed E-state index contributed by atoms with van der Waals surface area (Å²) in [6.07, 6.45) is 7.65. The molecule has 2 aromatic heterocycles. The van der Waals surface area contributed by atoms with Crippen LogP contribution in [-0.4, -0.2) is 20.8 Å². The van der Waals surface area contributed by atoms with Crippen molar-refractivity contribution in [1.29, 1.82) is 0 Å². The fraction of sp³-hybridized carbons (Fsp3) is 0.600. The number of hydrogen-bond acceptors (Lipinski definition) is 4. The lowest BCUT2D eigenvalue weighted by molar-refractivity contribution is 0.624. The van der Waals surface area contributed by atoms with Crippen molar-refractivity contribution in [3.05, 3.63) is 23.0 Å². The second kappa shape index (κ2) is 5.66. The molecule has 2 aromatic rings. The average molecular weight is 290 g/mol. The number of aromatic nitrogens is 3. The predicted molar refractivity (Wildman–Crippen MR) is 82.7 cm³/mol. The molecule has 1 aliphatic rings. The molecule has 0 bridgehead atoms. The van der Waals surface area contributed by atoms with Crippen molar-refractivity contribution in [3.8, 4) is 10.6 Å². The number of aryl methyl sites for hydroxylation is 1. The van der Waals surface area contributed by atoms with Gasteiger partial charge in [-0.1, -0.05) is 13.8 Å². The van der Waals surface area contributed by atoms with Gasteiger partial charge in [0.2, 0.25) is 0 Å². The number of rotatable bonds is 6. The van der Waals surface area contributed by atoms with E-state index < -0.39 is 0 Å². The Kier molecular flexibility index (Phi) is 3.89. The Morgan fingerprint density at radius 1 is 1.45 bits per heavy atom. The lowest BCUT2D eigenvalue weighted by atomic mass is 10.1. The monoisotopic (exact) mass is 290 g/mol. The molecule has 0 saturated heterocycles. The van der Waals surface area contributed by atoms with Crippen molar-refractivity contribution in [2.24, 2.45) is 13.0 Å². The first-order valence-corrected chi connectivity index (χ1v) is 8.14. The predicted octanol–water partition coefficient (Wildman–Crippen LogP) is 2.99. The molecular formula is C15H22N4S. The first kappa shape index (κ1) is 13.8. The van der Waals surface area contributed by atoms with E-state index in [0.29, 0.717) is 5.92 Å². The highest BCUT2D eigenvalue weighted by atomic mass is 32.1. The Morgan fingerprint density at radius 3 is 2.85 bits per heavy atom. The molecule has 2 heterocycles. The third kappa shape index (κ3) is 3.27. The second-order valence-electron chi connectivity index (χ2n) is 6.04. The Balaban J connectivity index is 1.83. The zero-order valence-electron chi connectivity index (χ0n) is 12.4. The first-order valence-electron chi connectivity index (χ1n) is 7.33. The fourth-order valence-corrected chi connectivity index (χ4v) is 3.26. The summed E-state index contributed by atoms with van der Waals surface area (Å²) < 4.78 is 1.83. The maximum atomic E-state index is 4.86. The van der Waals surface area contributed by atoms with Gasteiger partial charge in [-0.25, -0.2) is 4.98 Å². The van der Waals surface area contributed by atoms with E-state index in [4.69, 9.17) is 4.98 Å². The maximum Gasteiger partial charge on any atom is 0.127 e. The molecule has 4 nitrogen and oxygen atoms in total. The lowest BCUT2D eigenvalue weighted by Crippen LogP contribution is -2.15. The van der Waals surface area contributed by atoms with E-state index in [1.54, 1.807) is 0 Å². The summed E-state index contributed by atoms with van der Waals surface area (Å²) in [7, 11) is 1.95. The van der Waals surface area contributed by atoms with E-state index in [-0.39, 0.29) is 0 Å². The Hall–Kier alpha value is -1.20. The highest BCUT2D eigenvalue weighted by Crippen LogP contribution is 2.30. The van der Waals surface area contributed by atoms with Gasteiger partial charge >= 0.3 is 0 Å². The summed E-state index contributed by atoms with van der Waals surface area (Å²) in [5.41, 5.74) is 2.39. The molecule has 0 radical (unpaired) electrons. The number of nitrogens with one attached hydrogen (secondary N) is 1. The molecular weight excluding hydrogens is 268 g/mol. The number of nitrogens with zero attached hydrogens (tertiary/aromatic N) is 3. The summed E-state index contributed by atoms with van der Waals surface area (Å²) in [5.74, 6) is 0.638. The van der Waals surface area contributed by atoms with Crippen molar-refractivity contribution < 1.29 is 0 Å². The minimum absolute atomic E-state index is 0.638. The van der Waals surface area contributed by atoms with Crippen molar-refractivity contribution in [1.82, 2.24) is 20.1 Å². The smallest absolute Gasteiger partial charge is 0.127 e. The van der Waals surface area contributed by atoms with Crippen LogP contribution in [0.5, 0.6) is 0 Å². The topological polar surface area (TPSA) is 42.7 Å². The van der Waals surface area contributed by atoms with Crippen molar-refractivity contribution >= 4 is 11.3 Å². The summed E-state index contributed by atoms with van der Waals surface area (Å²) in [5, 5.41) is 8.95. The highest BCUT2D eigenvalue weighted by molar-refractivity contribution is 7.15. The van der Waals surface area contributed by atoms with Gasteiger partial charge in [-0.3, -0.25) is 4.68 Å². The van der Waals surface area contributed by atoms with Crippen LogP contribution in [0.3, 0.4) is 0 Å². The molecule has 1 saturated carbocycles. The summed E-state index contributed by atoms with van der Waals surface area (Å²) in [6, 6.07) is 0.742. The Bertz CT molecular complexity index is 580. The van der Waals surface area contributed by atoms with E-state index in [1.807, 2.05) is 35.5 Å². The van der Waals surface area contributed by atoms with Crippen LogP contribution in [0, 0.1) is 5.92 Å². The first-order chi connectivity index (χ1) is 9.61. The van der Waals surface area contributed by atoms with Gasteiger partial charge in [0.25, 0.3) is 0 Å². The highest BCUT2D eigenvalue weighted by Gasteiger charge is 2.22. The standard InChI is InChI=1S/C15H22N4S/c1-10(2)6-13-14(8-16-12-4-5-12)20-15(18-13)11-7-17-19(3)9-11/h7,9-10,12,16H,4-6,8H2,1-3H3. The van der Waals surface area contributed by atoms with Gasteiger partial charge in [-0.2, -0.15) is 5.10 Å². The molecule has 1 fully saturated rings. The third-order valence-electron chi connectivity index (χ3n) is 3.46. The SMILES string of the molecule is CC(C)Cc1nc(-c2cnn(C)c2)sc1CNC1CC1. The molecule has 3 rings (SSSR count). The third-order valence-corrected chi connectivity index (χ3v) is 4.61. The normalized spacial score (nSPS) is 15.2. The minimum atomic E-state index is 0.638. The Labute approximate surface area is 124 Å². The Morgan fingerprint density at radius 2 is 2.25 bits per heavy atom. The summed E-state index contributed by atoms with van der Waals surface area (Å²) in [6.45, 7) is 5.47. The van der Waals surface area contributed by atoms with Crippen LogP contribution in [-0.2, 0) is 20.0 Å². The van der Waals surface area contributed by atoms with Crippen LogP contribution in [0.4, 0.5) is 0 Å². The average Bonchev–Trinajstić information content (AvgIpc) is 2.99. The largest absolute Gasteiger partial charge is 0.309 e. The van der Waals surface area contributed by atoms with Gasteiger partial charge in [0.1, 0.15) is 5.01 Å². The molecule has 1 N–H and O–H groups in total. The molecule has 0 spiro atoms. The zero-order chi connectivity index (χ0) is 14.1. The van der Waals surface area contributed by atoms with Gasteiger partial charge in [0.15, 0.2) is 0 Å². The van der Waals surface area contributed by atoms with Crippen LogP contribution < -0.4 is 5.32 Å². The molecule has 0 amide bonds. The molecule has 108 valence electrons. The molecule has 0 unspecified atom stereocenters. The van der Waals surface area contributed by atoms with Crippen molar-refractivity contribution in [2.75, 3.05) is 0 Å². The molecule has 1 aliphatic carbocycles. The van der Waals surface area contributed by atoms with Crippen LogP contribution in [0.1, 0.15) is 37.3 Å². The molecule has 5 heteroatoms. The number of thiazole rings is 1. The molecule has 0 aromatic carbocycles. The summed E-state index contributed by atoms with van der Waals surface area (Å²) >= 11 is 1.81. The van der Waals surface area contributed by atoms with E-state index >= 15 is 0 Å². The maximum absolute atomic E-state index is 4.86. The van der Waals surface area contributed by atoms with E-state index in [2.05, 4.69) is 24.3 Å². The lowest BCUT2D eigenvalue weighted by Gasteiger charge is -2.05. The zero-order valence-corrected chi connectivity index (χ0v) is 13.2. The quantitative estimate of drug-likeness (QED) is 0.889. The minimum Gasteiger partial charge on any atom is -0.309 e. The molecule has 0 atom stereocenters. The fourth-order valence-electron chi connectivity index (χ4n) is 2.25. The van der Waals surface area contributed by atoms with Crippen molar-refractivity contribution in [3.63, 3.8) is 0 Å². The molecule has 0 aliphatic heterocycles. The van der Waals surface area contributed by atoms with Crippen LogP contribution in [0.15, 0.2) is 12.4 Å². The molecule has 20 heavy (non-hydrogen) atoms. The van der Waals surface area contributed by atoms with Gasteiger partial charge < -0.3 is 5.32 Å². The van der Waals surface area contributed by atoms with Crippen LogP contribution in [0.25, 0.3) is 10.6 Å². The van der Waals surface area contributed by atoms with Gasteiger partial charge in [-0.15, -0.1) is 11.3 Å². The van der Waals surface area contributed by atoms with Gasteiger partial charge in [0.05, 0.1) is 11.9 Å². The van der Waals surface area contributed by atoms with E-state index in [1.165, 1.54) is 23.4 Å². The number of hydrogen-bond donors (Lipinski definition) is 1. The van der Waals surface area contributed by atoms with Gasteiger partial charge in [-0.05, 0) is 25.2 Å². The van der Waals surface area contributed by atoms with Crippen molar-refractivity contribution in [2.45, 2.75) is 45.7 Å². The van der Waals surface area contributed by atoms with Crippen LogP contribution in [0.2, 0.25) is 0 Å². The second-order valence-corrected chi connectivity index (χ2v) is 7.13. The van der Waals surface area contributed by atoms with Crippen LogP contribution >= 0.6 is 11.3 Å². The van der Waals surface area contributed by atoms with E-state index in [9.17, 15) is 0 Å². The summed E-state index contributed by atoms with van der Waals surface area (Å²) in [4.78, 5) is 6.25. The van der Waals surface area contributed by atoms with Gasteiger partial charge in [0, 0.05) is 36.3 Å².